The average molecular weight is 475 g/mol. The normalized spacial score (nSPS) is 28.7. The summed E-state index contributed by atoms with van der Waals surface area (Å²) in [7, 11) is 0. The molecule has 2 rings (SSSR count). The van der Waals surface area contributed by atoms with Gasteiger partial charge in [-0.25, -0.2) is 0 Å². The third-order valence-electron chi connectivity index (χ3n) is 7.19. The Morgan fingerprint density at radius 2 is 1.94 bits per heavy atom. The Kier molecular flexibility index (Phi) is 12.3. The Morgan fingerprint density at radius 1 is 1.27 bits per heavy atom. The van der Waals surface area contributed by atoms with Crippen molar-refractivity contribution < 1.29 is 64.3 Å². The summed E-state index contributed by atoms with van der Waals surface area (Å²) in [6, 6.07) is 0. The van der Waals surface area contributed by atoms with Crippen molar-refractivity contribution in [3.05, 3.63) is 23.8 Å². The Labute approximate surface area is 219 Å². The van der Waals surface area contributed by atoms with Crippen molar-refractivity contribution in [3.63, 3.8) is 0 Å². The fraction of sp³-hybridized carbons (Fsp3) is 0.760. The Balaban J connectivity index is 0.00000544. The molecule has 182 valence electrons. The van der Waals surface area contributed by atoms with Crippen LogP contribution in [0.4, 0.5) is 0 Å². The van der Waals surface area contributed by atoms with Crippen LogP contribution in [0.2, 0.25) is 0 Å². The van der Waals surface area contributed by atoms with Crippen LogP contribution in [0.5, 0.6) is 0 Å². The van der Waals surface area contributed by atoms with Crippen LogP contribution in [0.15, 0.2) is 23.8 Å². The number of carbonyl (C=O) groups is 2. The van der Waals surface area contributed by atoms with Gasteiger partial charge < -0.3 is 30.0 Å². The molecular formula is C25H39NaO7. The topological polar surface area (TPSA) is 127 Å². The van der Waals surface area contributed by atoms with Crippen molar-refractivity contribution in [2.24, 2.45) is 29.1 Å². The van der Waals surface area contributed by atoms with Gasteiger partial charge in [-0.1, -0.05) is 32.1 Å². The zero-order chi connectivity index (χ0) is 24.1. The molecular weight excluding hydrogens is 435 g/mol. The van der Waals surface area contributed by atoms with E-state index in [1.165, 1.54) is 0 Å². The number of carboxylic acids is 1. The van der Waals surface area contributed by atoms with E-state index in [1.807, 2.05) is 20.8 Å². The van der Waals surface area contributed by atoms with Gasteiger partial charge >= 0.3 is 35.5 Å². The number of hydrogen-bond donors (Lipinski definition) is 3. The summed E-state index contributed by atoms with van der Waals surface area (Å²) >= 11 is 0. The summed E-state index contributed by atoms with van der Waals surface area (Å²) in [4.78, 5) is 23.5. The minimum Gasteiger partial charge on any atom is -0.550 e. The fourth-order valence-corrected chi connectivity index (χ4v) is 4.76. The Bertz CT molecular complexity index is 718. The molecule has 0 saturated heterocycles. The fourth-order valence-electron chi connectivity index (χ4n) is 4.76. The molecule has 7 nitrogen and oxygen atoms in total. The van der Waals surface area contributed by atoms with E-state index in [9.17, 15) is 30.0 Å². The van der Waals surface area contributed by atoms with E-state index >= 15 is 0 Å². The third kappa shape index (κ3) is 8.48. The van der Waals surface area contributed by atoms with Crippen molar-refractivity contribution in [2.45, 2.75) is 84.5 Å². The van der Waals surface area contributed by atoms with Gasteiger partial charge in [0.15, 0.2) is 0 Å². The van der Waals surface area contributed by atoms with Crippen LogP contribution in [-0.2, 0) is 14.3 Å². The molecule has 2 aliphatic rings. The van der Waals surface area contributed by atoms with Crippen LogP contribution >= 0.6 is 0 Å². The Hall–Kier alpha value is -0.700. The number of rotatable bonds is 11. The smallest absolute Gasteiger partial charge is 0.550 e. The van der Waals surface area contributed by atoms with E-state index in [-0.39, 0.29) is 78.3 Å². The molecule has 8 heteroatoms. The predicted octanol–water partition coefficient (Wildman–Crippen LogP) is -1.25. The molecule has 1 unspecified atom stereocenters. The number of ether oxygens (including phenoxy) is 1. The molecule has 3 N–H and O–H groups in total. The van der Waals surface area contributed by atoms with E-state index in [0.717, 1.165) is 5.57 Å². The number of carboxylic acid groups (broad SMARTS) is 1. The monoisotopic (exact) mass is 474 g/mol. The quantitative estimate of drug-likeness (QED) is 0.252. The number of aliphatic carboxylic acids is 1. The molecule has 0 bridgehead atoms. The summed E-state index contributed by atoms with van der Waals surface area (Å²) in [6.07, 6.45) is 5.65. The summed E-state index contributed by atoms with van der Waals surface area (Å²) < 4.78 is 6.04. The van der Waals surface area contributed by atoms with Crippen LogP contribution in [0.25, 0.3) is 0 Å². The number of fused-ring (bicyclic) bond motifs is 1. The maximum absolute atomic E-state index is 12.9. The van der Waals surface area contributed by atoms with Crippen molar-refractivity contribution in [1.29, 1.82) is 0 Å². The van der Waals surface area contributed by atoms with Gasteiger partial charge in [-0.2, -0.15) is 0 Å². The number of allylic oxidation sites excluding steroid dienone is 2. The van der Waals surface area contributed by atoms with Gasteiger partial charge in [-0.3, -0.25) is 4.79 Å². The summed E-state index contributed by atoms with van der Waals surface area (Å²) in [5, 5.41) is 40.5. The molecule has 0 heterocycles. The zero-order valence-electron chi connectivity index (χ0n) is 20.7. The molecule has 2 aliphatic carbocycles. The standard InChI is InChI=1S/C25H40O7.Na/c1-5-25(3,4)24(31)32-21-11-16(14-26)10-17-7-6-15(2)20(23(17)21)9-8-18(27)12-19(28)13-22(29)30;/h6-7,10,15-16,18-21,23,26-28H,5,8-9,11-14H2,1-4H3,(H,29,30);/q;+1/p-1/t15-,16?,18+,19+,20-,21-,23-;/m0./s1. The van der Waals surface area contributed by atoms with E-state index in [1.54, 1.807) is 0 Å². The molecule has 0 aromatic carbocycles. The van der Waals surface area contributed by atoms with Crippen LogP contribution in [0, 0.1) is 29.1 Å². The van der Waals surface area contributed by atoms with E-state index in [0.29, 0.717) is 25.7 Å². The van der Waals surface area contributed by atoms with Gasteiger partial charge in [0.05, 0.1) is 17.6 Å². The molecule has 0 aromatic rings. The second-order valence-corrected chi connectivity index (χ2v) is 10.1. The maximum atomic E-state index is 12.9. The van der Waals surface area contributed by atoms with Gasteiger partial charge in [0, 0.05) is 30.8 Å². The average Bonchev–Trinajstić information content (AvgIpc) is 2.72. The molecule has 0 aromatic heterocycles. The number of aliphatic hydroxyl groups excluding tert-OH is 3. The van der Waals surface area contributed by atoms with E-state index in [2.05, 4.69) is 25.2 Å². The third-order valence-corrected chi connectivity index (χ3v) is 7.19. The number of esters is 1. The summed E-state index contributed by atoms with van der Waals surface area (Å²) in [6.45, 7) is 7.78. The summed E-state index contributed by atoms with van der Waals surface area (Å²) in [5.74, 6) is -1.38. The molecule has 0 fully saturated rings. The van der Waals surface area contributed by atoms with Crippen molar-refractivity contribution in [2.75, 3.05) is 6.61 Å². The zero-order valence-corrected chi connectivity index (χ0v) is 22.7. The molecule has 0 amide bonds. The van der Waals surface area contributed by atoms with Crippen LogP contribution in [-0.4, -0.2) is 52.2 Å². The first-order valence-electron chi connectivity index (χ1n) is 11.8. The largest absolute Gasteiger partial charge is 1.00 e. The van der Waals surface area contributed by atoms with Crippen LogP contribution in [0.3, 0.4) is 0 Å². The summed E-state index contributed by atoms with van der Waals surface area (Å²) in [5.41, 5.74) is 0.462. The van der Waals surface area contributed by atoms with Crippen LogP contribution < -0.4 is 34.7 Å². The van der Waals surface area contributed by atoms with E-state index < -0.39 is 30.0 Å². The predicted molar refractivity (Wildman–Crippen MR) is 118 cm³/mol. The first kappa shape index (κ1) is 30.3. The minimum absolute atomic E-state index is 0. The number of aliphatic hydroxyl groups is 3. The SMILES string of the molecule is CCC(C)(C)C(=O)O[C@H]1CC(CO)C=C2C=C[C@H](C)[C@H](CC[C@@H](O)C[C@@H](O)CC(=O)[O-])[C@H]21.[Na+]. The first-order valence-corrected chi connectivity index (χ1v) is 11.8. The van der Waals surface area contributed by atoms with Gasteiger partial charge in [0.1, 0.15) is 6.10 Å². The van der Waals surface area contributed by atoms with E-state index in [4.69, 9.17) is 4.74 Å². The molecule has 0 spiro atoms. The molecule has 0 saturated carbocycles. The molecule has 33 heavy (non-hydrogen) atoms. The Morgan fingerprint density at radius 3 is 2.52 bits per heavy atom. The van der Waals surface area contributed by atoms with Crippen molar-refractivity contribution in [1.82, 2.24) is 0 Å². The van der Waals surface area contributed by atoms with Gasteiger partial charge in [0.25, 0.3) is 0 Å². The second kappa shape index (κ2) is 13.4. The van der Waals surface area contributed by atoms with Gasteiger partial charge in [-0.05, 0) is 63.4 Å². The minimum atomic E-state index is -1.34. The van der Waals surface area contributed by atoms with Crippen molar-refractivity contribution in [3.8, 4) is 0 Å². The molecule has 7 atom stereocenters. The molecule has 0 aliphatic heterocycles. The van der Waals surface area contributed by atoms with Gasteiger partial charge in [-0.15, -0.1) is 0 Å². The second-order valence-electron chi connectivity index (χ2n) is 10.1. The van der Waals surface area contributed by atoms with Gasteiger partial charge in [0.2, 0.25) is 0 Å². The first-order chi connectivity index (χ1) is 15.0. The number of hydrogen-bond acceptors (Lipinski definition) is 7. The maximum Gasteiger partial charge on any atom is 1.00 e. The van der Waals surface area contributed by atoms with Crippen molar-refractivity contribution >= 4 is 11.9 Å². The number of carbonyl (C=O) groups excluding carboxylic acids is 2. The molecule has 0 radical (unpaired) electrons. The van der Waals surface area contributed by atoms with Crippen LogP contribution in [0.1, 0.15) is 66.2 Å².